The van der Waals surface area contributed by atoms with Crippen LogP contribution >= 0.6 is 0 Å². The molecule has 0 heterocycles. The average molecular weight is 236 g/mol. The Hall–Kier alpha value is -0.860. The zero-order chi connectivity index (χ0) is 13.5. The molecule has 1 aromatic carbocycles. The molecule has 88 valence electrons. The molecule has 17 heavy (non-hydrogen) atoms. The fourth-order valence-electron chi connectivity index (χ4n) is 1.39. The highest BCUT2D eigenvalue weighted by atomic mass is 19.4. The van der Waals surface area contributed by atoms with Crippen molar-refractivity contribution in [1.82, 2.24) is 0 Å². The lowest BCUT2D eigenvalue weighted by molar-refractivity contribution is -0.137. The molecule has 1 aromatic rings. The highest BCUT2D eigenvalue weighted by Gasteiger charge is 2.36. The SMILES string of the molecule is [B]C([B])(c1cccc(C(F)(F)F)c1)C(C)(C)C. The normalized spacial score (nSPS) is 13.8. The molecule has 0 aliphatic rings. The zero-order valence-corrected chi connectivity index (χ0v) is 10.1. The molecule has 5 heteroatoms. The number of hydrogen-bond acceptors (Lipinski definition) is 0. The van der Waals surface area contributed by atoms with E-state index in [4.69, 9.17) is 15.7 Å². The summed E-state index contributed by atoms with van der Waals surface area (Å²) in [6.07, 6.45) is -4.38. The Kier molecular flexibility index (Phi) is 3.43. The van der Waals surface area contributed by atoms with Gasteiger partial charge in [0.1, 0.15) is 0 Å². The molecule has 0 saturated carbocycles. The molecule has 0 aliphatic heterocycles. The first-order valence-electron chi connectivity index (χ1n) is 5.22. The summed E-state index contributed by atoms with van der Waals surface area (Å²) in [6, 6.07) is 4.84. The second-order valence-corrected chi connectivity index (χ2v) is 5.20. The molecule has 4 radical (unpaired) electrons. The van der Waals surface area contributed by atoms with Gasteiger partial charge in [0.05, 0.1) is 21.3 Å². The summed E-state index contributed by atoms with van der Waals surface area (Å²) < 4.78 is 37.7. The number of rotatable bonds is 1. The van der Waals surface area contributed by atoms with Crippen molar-refractivity contribution in [2.24, 2.45) is 5.41 Å². The minimum atomic E-state index is -4.38. The van der Waals surface area contributed by atoms with Gasteiger partial charge in [0.2, 0.25) is 0 Å². The lowest BCUT2D eigenvalue weighted by Crippen LogP contribution is -2.41. The van der Waals surface area contributed by atoms with E-state index in [0.717, 1.165) is 12.1 Å². The fourth-order valence-corrected chi connectivity index (χ4v) is 1.39. The standard InChI is InChI=1S/C12H13B2F3/c1-10(2,3)11(13,14)8-5-4-6-9(7-8)12(15,16)17/h4-7H,1-3H3. The Morgan fingerprint density at radius 2 is 1.41 bits per heavy atom. The summed E-state index contributed by atoms with van der Waals surface area (Å²) in [7, 11) is 11.9. The van der Waals surface area contributed by atoms with E-state index >= 15 is 0 Å². The second-order valence-electron chi connectivity index (χ2n) is 5.20. The fraction of sp³-hybridized carbons (Fsp3) is 0.500. The molecule has 0 nitrogen and oxygen atoms in total. The monoisotopic (exact) mass is 236 g/mol. The summed E-state index contributed by atoms with van der Waals surface area (Å²) in [5, 5.41) is -1.31. The van der Waals surface area contributed by atoms with Crippen molar-refractivity contribution in [1.29, 1.82) is 0 Å². The zero-order valence-electron chi connectivity index (χ0n) is 10.1. The van der Waals surface area contributed by atoms with Gasteiger partial charge in [0, 0.05) is 0 Å². The predicted octanol–water partition coefficient (Wildman–Crippen LogP) is 3.24. The van der Waals surface area contributed by atoms with Gasteiger partial charge in [-0.2, -0.15) is 13.2 Å². The van der Waals surface area contributed by atoms with Crippen LogP contribution in [0.1, 0.15) is 31.9 Å². The maximum atomic E-state index is 12.6. The molecule has 0 N–H and O–H groups in total. The topological polar surface area (TPSA) is 0 Å². The largest absolute Gasteiger partial charge is 0.416 e. The molecular formula is C12H13B2F3. The number of alkyl halides is 3. The van der Waals surface area contributed by atoms with Crippen molar-refractivity contribution < 1.29 is 13.2 Å². The van der Waals surface area contributed by atoms with E-state index in [1.807, 2.05) is 0 Å². The molecule has 1 rings (SSSR count). The van der Waals surface area contributed by atoms with E-state index in [-0.39, 0.29) is 5.56 Å². The third-order valence-electron chi connectivity index (χ3n) is 2.91. The van der Waals surface area contributed by atoms with Crippen LogP contribution in [0.2, 0.25) is 0 Å². The van der Waals surface area contributed by atoms with E-state index in [9.17, 15) is 13.2 Å². The highest BCUT2D eigenvalue weighted by Crippen LogP contribution is 2.38. The van der Waals surface area contributed by atoms with Crippen molar-refractivity contribution >= 4 is 15.7 Å². The van der Waals surface area contributed by atoms with Gasteiger partial charge in [-0.25, -0.2) is 0 Å². The van der Waals surface area contributed by atoms with E-state index < -0.39 is 22.4 Å². The van der Waals surface area contributed by atoms with Gasteiger partial charge in [-0.15, -0.1) is 0 Å². The quantitative estimate of drug-likeness (QED) is 0.656. The first-order valence-corrected chi connectivity index (χ1v) is 5.22. The van der Waals surface area contributed by atoms with Crippen LogP contribution in [0, 0.1) is 5.41 Å². The molecule has 0 spiro atoms. The second kappa shape index (κ2) is 4.11. The Morgan fingerprint density at radius 3 is 1.82 bits per heavy atom. The molecular weight excluding hydrogens is 223 g/mol. The summed E-state index contributed by atoms with van der Waals surface area (Å²) in [5.41, 5.74) is -1.00. The number of halogens is 3. The van der Waals surface area contributed by atoms with E-state index in [1.165, 1.54) is 12.1 Å². The minimum Gasteiger partial charge on any atom is -0.166 e. The van der Waals surface area contributed by atoms with Gasteiger partial charge in [-0.1, -0.05) is 49.7 Å². The molecule has 0 aromatic heterocycles. The van der Waals surface area contributed by atoms with Crippen molar-refractivity contribution in [3.63, 3.8) is 0 Å². The Morgan fingerprint density at radius 1 is 0.941 bits per heavy atom. The highest BCUT2D eigenvalue weighted by molar-refractivity contribution is 6.40. The van der Waals surface area contributed by atoms with Crippen molar-refractivity contribution in [3.05, 3.63) is 35.4 Å². The van der Waals surface area contributed by atoms with E-state index in [2.05, 4.69) is 0 Å². The first kappa shape index (κ1) is 14.2. The number of hydrogen-bond donors (Lipinski definition) is 0. The van der Waals surface area contributed by atoms with Crippen molar-refractivity contribution in [2.45, 2.75) is 32.2 Å². The lowest BCUT2D eigenvalue weighted by Gasteiger charge is -2.41. The number of benzene rings is 1. The van der Waals surface area contributed by atoms with E-state index in [0.29, 0.717) is 0 Å². The van der Waals surface area contributed by atoms with Gasteiger partial charge >= 0.3 is 6.18 Å². The van der Waals surface area contributed by atoms with Crippen LogP contribution in [0.3, 0.4) is 0 Å². The molecule has 0 fully saturated rings. The average Bonchev–Trinajstić information content (AvgIpc) is 2.15. The molecule has 0 bridgehead atoms. The summed E-state index contributed by atoms with van der Waals surface area (Å²) in [6.45, 7) is 5.35. The molecule has 0 unspecified atom stereocenters. The van der Waals surface area contributed by atoms with Crippen LogP contribution in [0.4, 0.5) is 13.2 Å². The maximum absolute atomic E-state index is 12.6. The van der Waals surface area contributed by atoms with E-state index in [1.54, 1.807) is 20.8 Å². The Labute approximate surface area is 102 Å². The third-order valence-corrected chi connectivity index (χ3v) is 2.91. The summed E-state index contributed by atoms with van der Waals surface area (Å²) >= 11 is 0. The smallest absolute Gasteiger partial charge is 0.166 e. The molecule has 0 atom stereocenters. The lowest BCUT2D eigenvalue weighted by atomic mass is 9.41. The van der Waals surface area contributed by atoms with Crippen LogP contribution in [0.5, 0.6) is 0 Å². The Bertz CT molecular complexity index is 403. The van der Waals surface area contributed by atoms with Gasteiger partial charge < -0.3 is 0 Å². The van der Waals surface area contributed by atoms with Crippen LogP contribution in [-0.2, 0) is 11.4 Å². The van der Waals surface area contributed by atoms with Crippen LogP contribution in [0.15, 0.2) is 24.3 Å². The van der Waals surface area contributed by atoms with Crippen LogP contribution in [-0.4, -0.2) is 15.7 Å². The van der Waals surface area contributed by atoms with Gasteiger partial charge in [0.25, 0.3) is 0 Å². The van der Waals surface area contributed by atoms with Gasteiger partial charge in [0.15, 0.2) is 0 Å². The minimum absolute atomic E-state index is 0.278. The van der Waals surface area contributed by atoms with Crippen LogP contribution < -0.4 is 0 Å². The molecule has 0 saturated heterocycles. The summed E-state index contributed by atoms with van der Waals surface area (Å²) in [4.78, 5) is 0. The van der Waals surface area contributed by atoms with Crippen molar-refractivity contribution in [3.8, 4) is 0 Å². The van der Waals surface area contributed by atoms with Crippen LogP contribution in [0.25, 0.3) is 0 Å². The predicted molar refractivity (Wildman–Crippen MR) is 64.1 cm³/mol. The van der Waals surface area contributed by atoms with Gasteiger partial charge in [-0.3, -0.25) is 0 Å². The van der Waals surface area contributed by atoms with Crippen molar-refractivity contribution in [2.75, 3.05) is 0 Å². The molecule has 0 amide bonds. The third kappa shape index (κ3) is 2.88. The summed E-state index contributed by atoms with van der Waals surface area (Å²) in [5.74, 6) is 0. The Balaban J connectivity index is 3.26. The first-order chi connectivity index (χ1) is 7.46. The van der Waals surface area contributed by atoms with Gasteiger partial charge in [-0.05, 0) is 11.5 Å². The maximum Gasteiger partial charge on any atom is 0.416 e. The molecule has 0 aliphatic carbocycles.